The van der Waals surface area contributed by atoms with E-state index in [0.29, 0.717) is 11.1 Å². The molecular formula is C18H16O5. The Morgan fingerprint density at radius 2 is 2.00 bits per heavy atom. The molecule has 0 N–H and O–H groups in total. The zero-order valence-electron chi connectivity index (χ0n) is 12.9. The molecule has 1 saturated heterocycles. The van der Waals surface area contributed by atoms with Crippen LogP contribution in [0.4, 0.5) is 0 Å². The molecule has 5 nitrogen and oxygen atoms in total. The van der Waals surface area contributed by atoms with Crippen LogP contribution in [0.1, 0.15) is 29.7 Å². The van der Waals surface area contributed by atoms with Crippen molar-refractivity contribution in [3.05, 3.63) is 58.4 Å². The Morgan fingerprint density at radius 3 is 2.74 bits per heavy atom. The molecule has 2 heterocycles. The van der Waals surface area contributed by atoms with Crippen molar-refractivity contribution in [1.29, 1.82) is 0 Å². The topological polar surface area (TPSA) is 61.8 Å². The molecule has 0 spiro atoms. The molecule has 118 valence electrons. The van der Waals surface area contributed by atoms with Gasteiger partial charge in [-0.1, -0.05) is 18.2 Å². The molecule has 4 rings (SSSR count). The standard InChI is InChI=1S/C18H16O5/c1-9-4-3-5-11-7-12-13(18(20)23-16(12)15(9)11)8-21-14-6-10(2)17(19)22-14/h3-6,8,12,14,16H,7H2,1-2H3/b13-8+/t12-,14+,16+/m0/s1. The number of rotatable bonds is 2. The van der Waals surface area contributed by atoms with E-state index in [9.17, 15) is 9.59 Å². The van der Waals surface area contributed by atoms with Crippen LogP contribution in [-0.2, 0) is 30.2 Å². The smallest absolute Gasteiger partial charge is 0.338 e. The fourth-order valence-corrected chi connectivity index (χ4v) is 3.47. The van der Waals surface area contributed by atoms with Gasteiger partial charge in [0.2, 0.25) is 0 Å². The predicted molar refractivity (Wildman–Crippen MR) is 80.0 cm³/mol. The van der Waals surface area contributed by atoms with E-state index in [1.54, 1.807) is 13.0 Å². The lowest BCUT2D eigenvalue weighted by Crippen LogP contribution is -2.11. The minimum Gasteiger partial charge on any atom is -0.458 e. The van der Waals surface area contributed by atoms with E-state index in [2.05, 4.69) is 6.07 Å². The molecule has 3 atom stereocenters. The summed E-state index contributed by atoms with van der Waals surface area (Å²) in [7, 11) is 0. The fourth-order valence-electron chi connectivity index (χ4n) is 3.47. The van der Waals surface area contributed by atoms with Crippen molar-refractivity contribution < 1.29 is 23.8 Å². The molecule has 0 amide bonds. The lowest BCUT2D eigenvalue weighted by molar-refractivity contribution is -0.152. The van der Waals surface area contributed by atoms with Crippen LogP contribution >= 0.6 is 0 Å². The third-order valence-corrected chi connectivity index (χ3v) is 4.63. The van der Waals surface area contributed by atoms with Crippen LogP contribution in [0.25, 0.3) is 0 Å². The highest BCUT2D eigenvalue weighted by atomic mass is 16.7. The van der Waals surface area contributed by atoms with E-state index in [-0.39, 0.29) is 18.0 Å². The van der Waals surface area contributed by atoms with Gasteiger partial charge in [-0.05, 0) is 37.0 Å². The van der Waals surface area contributed by atoms with Crippen LogP contribution in [-0.4, -0.2) is 18.2 Å². The molecule has 0 radical (unpaired) electrons. The molecule has 1 aromatic carbocycles. The van der Waals surface area contributed by atoms with Crippen LogP contribution in [0, 0.1) is 12.8 Å². The molecular weight excluding hydrogens is 296 g/mol. The highest BCUT2D eigenvalue weighted by Crippen LogP contribution is 2.48. The fraction of sp³-hybridized carbons (Fsp3) is 0.333. The summed E-state index contributed by atoms with van der Waals surface area (Å²) in [6.07, 6.45) is 2.72. The van der Waals surface area contributed by atoms with Gasteiger partial charge in [0, 0.05) is 17.6 Å². The summed E-state index contributed by atoms with van der Waals surface area (Å²) in [4.78, 5) is 23.5. The molecule has 23 heavy (non-hydrogen) atoms. The number of benzene rings is 1. The first-order chi connectivity index (χ1) is 11.0. The Morgan fingerprint density at radius 1 is 1.17 bits per heavy atom. The second-order valence-electron chi connectivity index (χ2n) is 6.12. The molecule has 0 unspecified atom stereocenters. The van der Waals surface area contributed by atoms with Crippen molar-refractivity contribution in [2.75, 3.05) is 0 Å². The maximum atomic E-state index is 12.1. The number of hydrogen-bond acceptors (Lipinski definition) is 5. The van der Waals surface area contributed by atoms with E-state index in [1.165, 1.54) is 11.8 Å². The summed E-state index contributed by atoms with van der Waals surface area (Å²) in [5.41, 5.74) is 4.45. The van der Waals surface area contributed by atoms with Crippen LogP contribution in [0.3, 0.4) is 0 Å². The van der Waals surface area contributed by atoms with E-state index in [4.69, 9.17) is 14.2 Å². The largest absolute Gasteiger partial charge is 0.458 e. The summed E-state index contributed by atoms with van der Waals surface area (Å²) in [5.74, 6) is -0.802. The number of hydrogen-bond donors (Lipinski definition) is 0. The third kappa shape index (κ3) is 2.15. The van der Waals surface area contributed by atoms with Crippen LogP contribution in [0.15, 0.2) is 41.7 Å². The predicted octanol–water partition coefficient (Wildman–Crippen LogP) is 2.49. The average Bonchev–Trinajstić information content (AvgIpc) is 3.10. The van der Waals surface area contributed by atoms with E-state index >= 15 is 0 Å². The van der Waals surface area contributed by atoms with Gasteiger partial charge in [0.25, 0.3) is 6.29 Å². The van der Waals surface area contributed by atoms with E-state index < -0.39 is 12.3 Å². The van der Waals surface area contributed by atoms with Crippen molar-refractivity contribution in [3.8, 4) is 0 Å². The van der Waals surface area contributed by atoms with Gasteiger partial charge in [0.15, 0.2) is 0 Å². The molecule has 0 bridgehead atoms. The molecule has 1 aliphatic carbocycles. The highest BCUT2D eigenvalue weighted by molar-refractivity contribution is 5.92. The summed E-state index contributed by atoms with van der Waals surface area (Å²) < 4.78 is 16.0. The van der Waals surface area contributed by atoms with Crippen LogP contribution in [0.2, 0.25) is 0 Å². The maximum absolute atomic E-state index is 12.1. The molecule has 5 heteroatoms. The van der Waals surface area contributed by atoms with Gasteiger partial charge < -0.3 is 14.2 Å². The average molecular weight is 312 g/mol. The zero-order valence-corrected chi connectivity index (χ0v) is 12.9. The Balaban J connectivity index is 1.58. The maximum Gasteiger partial charge on any atom is 0.338 e. The van der Waals surface area contributed by atoms with Gasteiger partial charge in [0.05, 0.1) is 11.8 Å². The lowest BCUT2D eigenvalue weighted by Gasteiger charge is -2.11. The van der Waals surface area contributed by atoms with Crippen LogP contribution in [0.5, 0.6) is 0 Å². The molecule has 3 aliphatic rings. The highest BCUT2D eigenvalue weighted by Gasteiger charge is 2.47. The molecule has 0 saturated carbocycles. The number of aryl methyl sites for hydroxylation is 1. The number of cyclic esters (lactones) is 1. The molecule has 1 fully saturated rings. The summed E-state index contributed by atoms with van der Waals surface area (Å²) >= 11 is 0. The minimum absolute atomic E-state index is 0.0409. The Kier molecular flexibility index (Phi) is 3.04. The van der Waals surface area contributed by atoms with E-state index in [0.717, 1.165) is 17.5 Å². The summed E-state index contributed by atoms with van der Waals surface area (Å²) in [6.45, 7) is 3.69. The molecule has 0 aromatic heterocycles. The van der Waals surface area contributed by atoms with Crippen LogP contribution < -0.4 is 0 Å². The minimum atomic E-state index is -0.771. The van der Waals surface area contributed by atoms with Crippen molar-refractivity contribution in [3.63, 3.8) is 0 Å². The van der Waals surface area contributed by atoms with Gasteiger partial charge in [-0.15, -0.1) is 0 Å². The second kappa shape index (κ2) is 4.98. The monoisotopic (exact) mass is 312 g/mol. The Hall–Kier alpha value is -2.56. The van der Waals surface area contributed by atoms with Gasteiger partial charge in [-0.25, -0.2) is 9.59 Å². The zero-order chi connectivity index (χ0) is 16.1. The third-order valence-electron chi connectivity index (χ3n) is 4.63. The molecule has 1 aromatic rings. The number of fused-ring (bicyclic) bond motifs is 3. The molecule has 2 aliphatic heterocycles. The van der Waals surface area contributed by atoms with Gasteiger partial charge in [-0.3, -0.25) is 0 Å². The number of carbonyl (C=O) groups is 2. The number of esters is 2. The first-order valence-corrected chi connectivity index (χ1v) is 7.59. The Labute approximate surface area is 133 Å². The van der Waals surface area contributed by atoms with Crippen molar-refractivity contribution in [1.82, 2.24) is 0 Å². The van der Waals surface area contributed by atoms with Crippen molar-refractivity contribution in [2.24, 2.45) is 5.92 Å². The summed E-state index contributed by atoms with van der Waals surface area (Å²) in [5, 5.41) is 0. The normalized spacial score (nSPS) is 29.9. The van der Waals surface area contributed by atoms with Crippen molar-refractivity contribution >= 4 is 11.9 Å². The van der Waals surface area contributed by atoms with Gasteiger partial charge in [-0.2, -0.15) is 0 Å². The summed E-state index contributed by atoms with van der Waals surface area (Å²) in [6, 6.07) is 6.11. The number of carbonyl (C=O) groups excluding carboxylic acids is 2. The van der Waals surface area contributed by atoms with E-state index in [1.807, 2.05) is 19.1 Å². The quantitative estimate of drug-likeness (QED) is 0.477. The lowest BCUT2D eigenvalue weighted by atomic mass is 9.97. The SMILES string of the molecule is CC1=C[C@H](O/C=C2/C(=O)O[C@H]3c4c(C)cccc4C[C@@H]23)OC1=O. The first-order valence-electron chi connectivity index (χ1n) is 7.59. The van der Waals surface area contributed by atoms with Crippen molar-refractivity contribution in [2.45, 2.75) is 32.7 Å². The Bertz CT molecular complexity index is 774. The van der Waals surface area contributed by atoms with Gasteiger partial charge in [0.1, 0.15) is 6.10 Å². The first kappa shape index (κ1) is 14.1. The number of ether oxygens (including phenoxy) is 3. The second-order valence-corrected chi connectivity index (χ2v) is 6.12. The van der Waals surface area contributed by atoms with Gasteiger partial charge >= 0.3 is 11.9 Å².